The van der Waals surface area contributed by atoms with Crippen LogP contribution in [0, 0.1) is 0 Å². The van der Waals surface area contributed by atoms with E-state index < -0.39 is 17.7 Å². The molecule has 2 rings (SSSR count). The molecular formula is C29H41F3N2O2. The molecule has 0 saturated heterocycles. The van der Waals surface area contributed by atoms with Gasteiger partial charge in [-0.1, -0.05) is 50.8 Å². The van der Waals surface area contributed by atoms with Crippen molar-refractivity contribution in [2.45, 2.75) is 83.4 Å². The second kappa shape index (κ2) is 14.9. The quantitative estimate of drug-likeness (QED) is 0.240. The summed E-state index contributed by atoms with van der Waals surface area (Å²) in [6.07, 6.45) is 11.7. The van der Waals surface area contributed by atoms with Gasteiger partial charge in [-0.05, 0) is 94.6 Å². The van der Waals surface area contributed by atoms with E-state index in [1.807, 2.05) is 31.1 Å². The van der Waals surface area contributed by atoms with Crippen LogP contribution in [-0.2, 0) is 17.4 Å². The third kappa shape index (κ3) is 11.0. The minimum absolute atomic E-state index is 0.0644. The Balaban J connectivity index is 2.11. The fourth-order valence-electron chi connectivity index (χ4n) is 4.37. The molecule has 1 aliphatic carbocycles. The van der Waals surface area contributed by atoms with Gasteiger partial charge in [0.1, 0.15) is 0 Å². The number of carboxylic acid groups (broad SMARTS) is 1. The number of aryl methyl sites for hydroxylation is 1. The predicted molar refractivity (Wildman–Crippen MR) is 141 cm³/mol. The molecule has 1 unspecified atom stereocenters. The van der Waals surface area contributed by atoms with E-state index in [1.165, 1.54) is 12.1 Å². The van der Waals surface area contributed by atoms with E-state index in [1.54, 1.807) is 12.2 Å². The molecule has 200 valence electrons. The second-order valence-corrected chi connectivity index (χ2v) is 9.87. The van der Waals surface area contributed by atoms with Gasteiger partial charge in [-0.25, -0.2) is 4.79 Å². The van der Waals surface area contributed by atoms with Crippen molar-refractivity contribution in [3.05, 3.63) is 64.8 Å². The predicted octanol–water partition coefficient (Wildman–Crippen LogP) is 7.63. The fraction of sp³-hybridized carbons (Fsp3) is 0.552. The SMILES string of the molecule is CCCCCCC(CCC=C1C=CC(C(=O)O)=CC1)Nc1cc(CCCN(C)C)cc(C(F)(F)F)c1. The van der Waals surface area contributed by atoms with Crippen LogP contribution in [0.25, 0.3) is 0 Å². The van der Waals surface area contributed by atoms with Crippen LogP contribution in [0.2, 0.25) is 0 Å². The van der Waals surface area contributed by atoms with Gasteiger partial charge in [-0.15, -0.1) is 0 Å². The number of halogens is 3. The fourth-order valence-corrected chi connectivity index (χ4v) is 4.37. The zero-order valence-corrected chi connectivity index (χ0v) is 21.8. The van der Waals surface area contributed by atoms with Gasteiger partial charge in [0.05, 0.1) is 11.1 Å². The first-order valence-electron chi connectivity index (χ1n) is 13.0. The number of anilines is 1. The molecule has 0 aromatic heterocycles. The number of alkyl halides is 3. The van der Waals surface area contributed by atoms with Crippen molar-refractivity contribution in [3.8, 4) is 0 Å². The van der Waals surface area contributed by atoms with Gasteiger partial charge in [0, 0.05) is 11.7 Å². The highest BCUT2D eigenvalue weighted by molar-refractivity contribution is 5.90. The third-order valence-electron chi connectivity index (χ3n) is 6.37. The van der Waals surface area contributed by atoms with Gasteiger partial charge >= 0.3 is 12.1 Å². The number of nitrogens with one attached hydrogen (secondary N) is 1. The summed E-state index contributed by atoms with van der Waals surface area (Å²) in [5.74, 6) is -0.927. The average Bonchev–Trinajstić information content (AvgIpc) is 2.81. The third-order valence-corrected chi connectivity index (χ3v) is 6.37. The molecule has 0 saturated carbocycles. The molecule has 4 nitrogen and oxygen atoms in total. The number of carboxylic acids is 1. The first kappa shape index (κ1) is 29.7. The maximum atomic E-state index is 13.6. The number of carbonyl (C=O) groups is 1. The van der Waals surface area contributed by atoms with E-state index >= 15 is 0 Å². The molecule has 1 aromatic carbocycles. The van der Waals surface area contributed by atoms with Crippen LogP contribution in [0.1, 0.15) is 75.8 Å². The Bertz CT molecular complexity index is 933. The normalized spacial score (nSPS) is 15.9. The van der Waals surface area contributed by atoms with Gasteiger partial charge in [-0.2, -0.15) is 13.2 Å². The largest absolute Gasteiger partial charge is 0.478 e. The molecule has 1 aliphatic rings. The molecule has 0 amide bonds. The Kier molecular flexibility index (Phi) is 12.3. The Morgan fingerprint density at radius 1 is 1.11 bits per heavy atom. The summed E-state index contributed by atoms with van der Waals surface area (Å²) in [6, 6.07) is 4.43. The number of allylic oxidation sites excluding steroid dienone is 4. The molecule has 36 heavy (non-hydrogen) atoms. The maximum absolute atomic E-state index is 13.6. The van der Waals surface area contributed by atoms with Crippen molar-refractivity contribution < 1.29 is 23.1 Å². The minimum Gasteiger partial charge on any atom is -0.478 e. The number of hydrogen-bond donors (Lipinski definition) is 2. The van der Waals surface area contributed by atoms with Gasteiger partial charge in [0.2, 0.25) is 0 Å². The Morgan fingerprint density at radius 3 is 2.50 bits per heavy atom. The summed E-state index contributed by atoms with van der Waals surface area (Å²) >= 11 is 0. The number of rotatable bonds is 15. The maximum Gasteiger partial charge on any atom is 0.416 e. The monoisotopic (exact) mass is 506 g/mol. The Hall–Kier alpha value is -2.54. The van der Waals surface area contributed by atoms with Crippen LogP contribution in [0.5, 0.6) is 0 Å². The molecule has 7 heteroatoms. The Morgan fingerprint density at radius 2 is 1.89 bits per heavy atom. The van der Waals surface area contributed by atoms with Crippen molar-refractivity contribution in [3.63, 3.8) is 0 Å². The molecule has 0 aliphatic heterocycles. The zero-order chi connectivity index (χ0) is 26.6. The molecule has 2 N–H and O–H groups in total. The van der Waals surface area contributed by atoms with Crippen LogP contribution in [0.4, 0.5) is 18.9 Å². The molecule has 0 bridgehead atoms. The minimum atomic E-state index is -4.38. The van der Waals surface area contributed by atoms with Crippen molar-refractivity contribution in [1.29, 1.82) is 0 Å². The number of hydrogen-bond acceptors (Lipinski definition) is 3. The molecule has 0 fully saturated rings. The summed E-state index contributed by atoms with van der Waals surface area (Å²) in [4.78, 5) is 13.1. The molecular weight excluding hydrogens is 465 g/mol. The highest BCUT2D eigenvalue weighted by Gasteiger charge is 2.31. The topological polar surface area (TPSA) is 52.6 Å². The number of aliphatic carboxylic acids is 1. The molecule has 0 radical (unpaired) electrons. The molecule has 0 spiro atoms. The lowest BCUT2D eigenvalue weighted by Gasteiger charge is -2.22. The average molecular weight is 507 g/mol. The standard InChI is InChI=1S/C29H41F3N2O2/c1-4-5-6-7-12-26(13-8-10-22-14-16-24(17-15-22)28(35)36)33-27-20-23(11-9-18-34(2)3)19-25(21-27)29(30,31)32/h10,14,16-17,19-21,26,33H,4-9,11-13,15,18H2,1-3H3,(H,35,36). The smallest absolute Gasteiger partial charge is 0.416 e. The van der Waals surface area contributed by atoms with Gasteiger partial charge in [0.25, 0.3) is 0 Å². The lowest BCUT2D eigenvalue weighted by Crippen LogP contribution is -2.20. The van der Waals surface area contributed by atoms with Crippen LogP contribution in [-0.4, -0.2) is 42.7 Å². The molecule has 1 aromatic rings. The summed E-state index contributed by atoms with van der Waals surface area (Å²) in [5.41, 5.74) is 1.99. The van der Waals surface area contributed by atoms with Crippen LogP contribution in [0.3, 0.4) is 0 Å². The van der Waals surface area contributed by atoms with Crippen LogP contribution >= 0.6 is 0 Å². The number of nitrogens with zero attached hydrogens (tertiary/aromatic N) is 1. The van der Waals surface area contributed by atoms with E-state index in [0.717, 1.165) is 63.5 Å². The van der Waals surface area contributed by atoms with Crippen LogP contribution in [0.15, 0.2) is 53.6 Å². The first-order chi connectivity index (χ1) is 17.1. The summed E-state index contributed by atoms with van der Waals surface area (Å²) < 4.78 is 40.9. The lowest BCUT2D eigenvalue weighted by molar-refractivity contribution is -0.137. The first-order valence-corrected chi connectivity index (χ1v) is 13.0. The van der Waals surface area contributed by atoms with E-state index in [4.69, 9.17) is 5.11 Å². The van der Waals surface area contributed by atoms with Gasteiger partial charge < -0.3 is 15.3 Å². The second-order valence-electron chi connectivity index (χ2n) is 9.87. The van der Waals surface area contributed by atoms with Crippen molar-refractivity contribution >= 4 is 11.7 Å². The number of benzene rings is 1. The highest BCUT2D eigenvalue weighted by atomic mass is 19.4. The van der Waals surface area contributed by atoms with Crippen molar-refractivity contribution in [1.82, 2.24) is 4.90 Å². The van der Waals surface area contributed by atoms with E-state index in [2.05, 4.69) is 18.3 Å². The lowest BCUT2D eigenvalue weighted by atomic mass is 9.98. The summed E-state index contributed by atoms with van der Waals surface area (Å²) in [6.45, 7) is 2.98. The summed E-state index contributed by atoms with van der Waals surface area (Å²) in [5, 5.41) is 12.5. The van der Waals surface area contributed by atoms with E-state index in [0.29, 0.717) is 29.7 Å². The highest BCUT2D eigenvalue weighted by Crippen LogP contribution is 2.33. The summed E-state index contributed by atoms with van der Waals surface area (Å²) in [7, 11) is 3.92. The van der Waals surface area contributed by atoms with Crippen LogP contribution < -0.4 is 5.32 Å². The van der Waals surface area contributed by atoms with Crippen molar-refractivity contribution in [2.75, 3.05) is 26.0 Å². The molecule has 0 heterocycles. The van der Waals surface area contributed by atoms with Gasteiger partial charge in [-0.3, -0.25) is 0 Å². The number of unbranched alkanes of at least 4 members (excludes halogenated alkanes) is 3. The zero-order valence-electron chi connectivity index (χ0n) is 21.8. The van der Waals surface area contributed by atoms with E-state index in [9.17, 15) is 18.0 Å². The van der Waals surface area contributed by atoms with E-state index in [-0.39, 0.29) is 6.04 Å². The molecule has 1 atom stereocenters. The van der Waals surface area contributed by atoms with Crippen molar-refractivity contribution in [2.24, 2.45) is 0 Å². The van der Waals surface area contributed by atoms with Gasteiger partial charge in [0.15, 0.2) is 0 Å². The Labute approximate surface area is 214 Å².